The van der Waals surface area contributed by atoms with Crippen LogP contribution in [0.1, 0.15) is 32.3 Å². The molecule has 1 saturated heterocycles. The number of sulfone groups is 1. The van der Waals surface area contributed by atoms with Crippen molar-refractivity contribution in [2.24, 2.45) is 0 Å². The van der Waals surface area contributed by atoms with Crippen molar-refractivity contribution in [3.8, 4) is 0 Å². The highest BCUT2D eigenvalue weighted by atomic mass is 32.2. The largest absolute Gasteiger partial charge is 0.524 e. The Bertz CT molecular complexity index is 840. The zero-order chi connectivity index (χ0) is 22.7. The quantitative estimate of drug-likeness (QED) is 0.298. The van der Waals surface area contributed by atoms with Crippen LogP contribution in [-0.2, 0) is 21.1 Å². The smallest absolute Gasteiger partial charge is 0.371 e. The number of nitrogens with zero attached hydrogens (tertiary/aromatic N) is 3. The lowest BCUT2D eigenvalue weighted by molar-refractivity contribution is -0.365. The van der Waals surface area contributed by atoms with Crippen molar-refractivity contribution >= 4 is 21.4 Å². The number of rotatable bonds is 7. The van der Waals surface area contributed by atoms with Crippen LogP contribution >= 0.6 is 0 Å². The molecule has 0 bridgehead atoms. The van der Waals surface area contributed by atoms with Crippen molar-refractivity contribution in [3.63, 3.8) is 0 Å². The molecule has 1 fully saturated rings. The van der Waals surface area contributed by atoms with E-state index in [4.69, 9.17) is 5.41 Å². The van der Waals surface area contributed by atoms with Crippen LogP contribution in [0.3, 0.4) is 0 Å². The Balaban J connectivity index is 2.10. The van der Waals surface area contributed by atoms with Crippen LogP contribution in [0.4, 0.5) is 18.9 Å². The van der Waals surface area contributed by atoms with Gasteiger partial charge in [-0.1, -0.05) is 12.1 Å². The van der Waals surface area contributed by atoms with Gasteiger partial charge >= 0.3 is 6.36 Å². The molecule has 0 spiro atoms. The fraction of sp³-hybridized carbons (Fsp3) is 0.632. The monoisotopic (exact) mass is 450 g/mol. The average molecular weight is 451 g/mol. The molecule has 0 radical (unpaired) electrons. The summed E-state index contributed by atoms with van der Waals surface area (Å²) in [5.41, 5.74) is 1.74. The fourth-order valence-corrected chi connectivity index (χ4v) is 4.57. The van der Waals surface area contributed by atoms with Crippen LogP contribution in [0.2, 0.25) is 0 Å². The normalized spacial score (nSPS) is 17.3. The van der Waals surface area contributed by atoms with Crippen LogP contribution in [0.5, 0.6) is 0 Å². The molecule has 1 aromatic rings. The van der Waals surface area contributed by atoms with E-state index in [0.29, 0.717) is 25.9 Å². The van der Waals surface area contributed by atoms with Gasteiger partial charge in [-0.3, -0.25) is 15.2 Å². The molecule has 1 aromatic carbocycles. The first-order valence-corrected chi connectivity index (χ1v) is 11.6. The van der Waals surface area contributed by atoms with Crippen molar-refractivity contribution in [2.75, 3.05) is 31.3 Å². The number of benzene rings is 1. The zero-order valence-corrected chi connectivity index (χ0v) is 18.4. The summed E-state index contributed by atoms with van der Waals surface area (Å²) >= 11 is 0. The second kappa shape index (κ2) is 9.52. The summed E-state index contributed by atoms with van der Waals surface area (Å²) in [7, 11) is -1.61. The van der Waals surface area contributed by atoms with Gasteiger partial charge in [-0.05, 0) is 44.4 Å². The molecular formula is C19H29F3N4O3S. The number of hydrazine groups is 1. The molecule has 0 aliphatic carbocycles. The Hall–Kier alpha value is -1.85. The SMILES string of the molecule is CC(=N)N(Cc1cccc(N2CCC(S(C)(=O)=O)CC2)c1)N(C)C(C)OC(F)(F)F. The summed E-state index contributed by atoms with van der Waals surface area (Å²) in [6, 6.07) is 7.52. The summed E-state index contributed by atoms with van der Waals surface area (Å²) in [5.74, 6) is 0.0782. The minimum Gasteiger partial charge on any atom is -0.371 e. The number of hydrogen-bond donors (Lipinski definition) is 1. The summed E-state index contributed by atoms with van der Waals surface area (Å²) in [6.07, 6.45) is -3.69. The van der Waals surface area contributed by atoms with E-state index in [-0.39, 0.29) is 17.6 Å². The van der Waals surface area contributed by atoms with E-state index in [0.717, 1.165) is 11.3 Å². The van der Waals surface area contributed by atoms with Crippen LogP contribution < -0.4 is 4.90 Å². The summed E-state index contributed by atoms with van der Waals surface area (Å²) in [6.45, 7) is 4.20. The average Bonchev–Trinajstić information content (AvgIpc) is 2.63. The van der Waals surface area contributed by atoms with E-state index in [9.17, 15) is 21.6 Å². The molecule has 0 amide bonds. The number of piperidine rings is 1. The lowest BCUT2D eigenvalue weighted by Crippen LogP contribution is -2.49. The molecule has 11 heteroatoms. The molecule has 1 aliphatic heterocycles. The highest BCUT2D eigenvalue weighted by Crippen LogP contribution is 2.25. The fourth-order valence-electron chi connectivity index (χ4n) is 3.50. The minimum atomic E-state index is -4.77. The third-order valence-corrected chi connectivity index (χ3v) is 6.94. The molecule has 30 heavy (non-hydrogen) atoms. The van der Waals surface area contributed by atoms with E-state index in [1.54, 1.807) is 0 Å². The van der Waals surface area contributed by atoms with E-state index < -0.39 is 22.4 Å². The van der Waals surface area contributed by atoms with Crippen LogP contribution in [0.25, 0.3) is 0 Å². The Morgan fingerprint density at radius 3 is 2.43 bits per heavy atom. The summed E-state index contributed by atoms with van der Waals surface area (Å²) < 4.78 is 65.2. The van der Waals surface area contributed by atoms with Crippen LogP contribution in [0.15, 0.2) is 24.3 Å². The van der Waals surface area contributed by atoms with E-state index in [1.165, 1.54) is 37.2 Å². The van der Waals surface area contributed by atoms with Gasteiger partial charge < -0.3 is 4.90 Å². The summed E-state index contributed by atoms with van der Waals surface area (Å²) in [4.78, 5) is 2.10. The maximum atomic E-state index is 12.6. The molecular weight excluding hydrogens is 421 g/mol. The predicted octanol–water partition coefficient (Wildman–Crippen LogP) is 3.23. The number of halogens is 3. The van der Waals surface area contributed by atoms with Crippen molar-refractivity contribution in [3.05, 3.63) is 29.8 Å². The standard InChI is InChI=1S/C19H29F3N4O3S/c1-14(23)26(24(3)15(2)29-19(20,21)22)13-16-6-5-7-17(12-16)25-10-8-18(9-11-25)30(4,27)28/h5-7,12,15,18,23H,8-11,13H2,1-4H3. The van der Waals surface area contributed by atoms with Gasteiger partial charge in [0.05, 0.1) is 11.8 Å². The number of nitrogens with one attached hydrogen (secondary N) is 1. The number of hydrogen-bond acceptors (Lipinski definition) is 6. The Morgan fingerprint density at radius 2 is 1.93 bits per heavy atom. The van der Waals surface area contributed by atoms with Crippen LogP contribution in [0, 0.1) is 5.41 Å². The van der Waals surface area contributed by atoms with E-state index >= 15 is 0 Å². The first kappa shape index (κ1) is 24.4. The van der Waals surface area contributed by atoms with Gasteiger partial charge in [0, 0.05) is 32.1 Å². The first-order valence-electron chi connectivity index (χ1n) is 9.60. The third-order valence-electron chi connectivity index (χ3n) is 5.25. The Kier molecular flexibility index (Phi) is 7.75. The van der Waals surface area contributed by atoms with Crippen LogP contribution in [-0.4, -0.2) is 68.5 Å². The second-order valence-electron chi connectivity index (χ2n) is 7.57. The van der Waals surface area contributed by atoms with Gasteiger partial charge in [0.25, 0.3) is 0 Å². The van der Waals surface area contributed by atoms with Crippen molar-refractivity contribution in [1.82, 2.24) is 10.0 Å². The molecule has 1 heterocycles. The number of anilines is 1. The van der Waals surface area contributed by atoms with Gasteiger partial charge in [-0.15, -0.1) is 13.2 Å². The molecule has 0 saturated carbocycles. The Morgan fingerprint density at radius 1 is 1.33 bits per heavy atom. The van der Waals surface area contributed by atoms with Crippen molar-refractivity contribution in [2.45, 2.75) is 51.1 Å². The minimum absolute atomic E-state index is 0.0782. The highest BCUT2D eigenvalue weighted by Gasteiger charge is 2.35. The second-order valence-corrected chi connectivity index (χ2v) is 9.89. The molecule has 1 atom stereocenters. The molecule has 0 aromatic heterocycles. The van der Waals surface area contributed by atoms with E-state index in [1.807, 2.05) is 24.3 Å². The lowest BCUT2D eigenvalue weighted by atomic mass is 10.1. The van der Waals surface area contributed by atoms with Gasteiger partial charge in [-0.25, -0.2) is 8.42 Å². The first-order chi connectivity index (χ1) is 13.8. The van der Waals surface area contributed by atoms with Gasteiger partial charge in [-0.2, -0.15) is 5.01 Å². The molecule has 1 unspecified atom stereocenters. The van der Waals surface area contributed by atoms with E-state index in [2.05, 4.69) is 9.64 Å². The highest BCUT2D eigenvalue weighted by molar-refractivity contribution is 7.91. The lowest BCUT2D eigenvalue weighted by Gasteiger charge is -2.37. The summed E-state index contributed by atoms with van der Waals surface area (Å²) in [5, 5.41) is 10.3. The van der Waals surface area contributed by atoms with Crippen molar-refractivity contribution < 1.29 is 26.3 Å². The molecule has 7 nitrogen and oxygen atoms in total. The predicted molar refractivity (Wildman–Crippen MR) is 110 cm³/mol. The molecule has 1 aliphatic rings. The number of alkyl halides is 3. The third kappa shape index (κ3) is 6.85. The number of ether oxygens (including phenoxy) is 1. The topological polar surface area (TPSA) is 76.9 Å². The van der Waals surface area contributed by atoms with Gasteiger partial charge in [0.1, 0.15) is 21.9 Å². The van der Waals surface area contributed by atoms with Gasteiger partial charge in [0.15, 0.2) is 0 Å². The zero-order valence-electron chi connectivity index (χ0n) is 17.6. The van der Waals surface area contributed by atoms with Crippen molar-refractivity contribution in [1.29, 1.82) is 5.41 Å². The molecule has 170 valence electrons. The Labute approximate surface area is 175 Å². The maximum absolute atomic E-state index is 12.6. The maximum Gasteiger partial charge on any atom is 0.524 e. The molecule has 1 N–H and O–H groups in total. The number of amidine groups is 1. The van der Waals surface area contributed by atoms with Gasteiger partial charge in [0.2, 0.25) is 0 Å². The molecule has 2 rings (SSSR count).